The Morgan fingerprint density at radius 1 is 1.17 bits per heavy atom. The molecule has 0 unspecified atom stereocenters. The summed E-state index contributed by atoms with van der Waals surface area (Å²) >= 11 is 0. The third-order valence-corrected chi connectivity index (χ3v) is 5.38. The quantitative estimate of drug-likeness (QED) is 0.562. The normalized spacial score (nSPS) is 16.4. The number of rotatable bonds is 7. The minimum atomic E-state index is -0.0373. The molecule has 0 bridgehead atoms. The van der Waals surface area contributed by atoms with Gasteiger partial charge in [-0.3, -0.25) is 9.69 Å². The Kier molecular flexibility index (Phi) is 7.89. The van der Waals surface area contributed by atoms with Gasteiger partial charge in [0.1, 0.15) is 11.5 Å². The van der Waals surface area contributed by atoms with Crippen LogP contribution in [0.15, 0.2) is 42.5 Å². The van der Waals surface area contributed by atoms with Gasteiger partial charge in [-0.05, 0) is 49.2 Å². The van der Waals surface area contributed by atoms with Crippen LogP contribution in [0.4, 0.5) is 0 Å². The van der Waals surface area contributed by atoms with Gasteiger partial charge in [0, 0.05) is 37.1 Å². The van der Waals surface area contributed by atoms with Crippen molar-refractivity contribution < 1.29 is 19.4 Å². The van der Waals surface area contributed by atoms with Crippen LogP contribution in [-0.4, -0.2) is 49.7 Å². The molecule has 3 rings (SSSR count). The molecular formula is C25H29NO4. The third-order valence-electron chi connectivity index (χ3n) is 5.38. The minimum absolute atomic E-state index is 0.0373. The summed E-state index contributed by atoms with van der Waals surface area (Å²) in [7, 11) is 3.18. The molecule has 2 aromatic carbocycles. The van der Waals surface area contributed by atoms with E-state index >= 15 is 0 Å². The van der Waals surface area contributed by atoms with Crippen LogP contribution in [0.25, 0.3) is 0 Å². The van der Waals surface area contributed by atoms with Crippen molar-refractivity contribution in [3.63, 3.8) is 0 Å². The Balaban J connectivity index is 1.64. The molecule has 158 valence electrons. The van der Waals surface area contributed by atoms with Crippen molar-refractivity contribution in [2.24, 2.45) is 5.92 Å². The number of carbonyl (C=O) groups is 1. The summed E-state index contributed by atoms with van der Waals surface area (Å²) in [5.74, 6) is 7.32. The second kappa shape index (κ2) is 10.8. The molecule has 0 saturated carbocycles. The lowest BCUT2D eigenvalue weighted by Crippen LogP contribution is -2.38. The fraction of sp³-hybridized carbons (Fsp3) is 0.400. The molecule has 2 aromatic rings. The van der Waals surface area contributed by atoms with Crippen LogP contribution in [0.5, 0.6) is 11.5 Å². The Labute approximate surface area is 178 Å². The van der Waals surface area contributed by atoms with E-state index < -0.39 is 0 Å². The average Bonchev–Trinajstić information content (AvgIpc) is 2.79. The van der Waals surface area contributed by atoms with E-state index in [9.17, 15) is 4.79 Å². The first-order valence-electron chi connectivity index (χ1n) is 10.3. The van der Waals surface area contributed by atoms with Crippen LogP contribution < -0.4 is 9.47 Å². The van der Waals surface area contributed by atoms with Gasteiger partial charge in [-0.25, -0.2) is 0 Å². The number of likely N-dealkylation sites (tertiary alicyclic amines) is 1. The second-order valence-corrected chi connectivity index (χ2v) is 7.48. The maximum absolute atomic E-state index is 13.2. The van der Waals surface area contributed by atoms with Crippen LogP contribution >= 0.6 is 0 Å². The molecule has 1 saturated heterocycles. The molecule has 1 aliphatic heterocycles. The number of piperidine rings is 1. The summed E-state index contributed by atoms with van der Waals surface area (Å²) in [5.41, 5.74) is 2.78. The lowest BCUT2D eigenvalue weighted by Gasteiger charge is -2.32. The molecule has 0 radical (unpaired) electrons. The van der Waals surface area contributed by atoms with Gasteiger partial charge in [0.15, 0.2) is 5.78 Å². The average molecular weight is 408 g/mol. The van der Waals surface area contributed by atoms with Crippen molar-refractivity contribution in [1.82, 2.24) is 4.90 Å². The first kappa shape index (κ1) is 21.9. The van der Waals surface area contributed by atoms with Gasteiger partial charge >= 0.3 is 0 Å². The van der Waals surface area contributed by atoms with E-state index in [1.165, 1.54) is 5.56 Å². The van der Waals surface area contributed by atoms with Crippen molar-refractivity contribution in [3.05, 3.63) is 59.2 Å². The highest BCUT2D eigenvalue weighted by atomic mass is 16.5. The lowest BCUT2D eigenvalue weighted by atomic mass is 9.89. The van der Waals surface area contributed by atoms with Gasteiger partial charge in [0.05, 0.1) is 26.4 Å². The monoisotopic (exact) mass is 407 g/mol. The summed E-state index contributed by atoms with van der Waals surface area (Å²) in [6, 6.07) is 13.6. The Hall–Kier alpha value is -2.81. The van der Waals surface area contributed by atoms with Crippen molar-refractivity contribution in [2.75, 3.05) is 33.9 Å². The first-order valence-corrected chi connectivity index (χ1v) is 10.3. The maximum Gasteiger partial charge on any atom is 0.170 e. The summed E-state index contributed by atoms with van der Waals surface area (Å²) in [5, 5.41) is 8.81. The largest absolute Gasteiger partial charge is 0.497 e. The number of Topliss-reactive ketones (excluding diaryl/α,β-unsaturated/α-hetero) is 1. The van der Waals surface area contributed by atoms with Crippen LogP contribution in [0.2, 0.25) is 0 Å². The third kappa shape index (κ3) is 5.63. The van der Waals surface area contributed by atoms with Crippen molar-refractivity contribution in [3.8, 4) is 23.3 Å². The van der Waals surface area contributed by atoms with Crippen LogP contribution in [-0.2, 0) is 6.54 Å². The van der Waals surface area contributed by atoms with Gasteiger partial charge in [-0.2, -0.15) is 0 Å². The number of nitrogens with zero attached hydrogens (tertiary/aromatic N) is 1. The Morgan fingerprint density at radius 2 is 1.97 bits per heavy atom. The zero-order chi connectivity index (χ0) is 21.3. The number of aliphatic hydroxyl groups is 1. The van der Waals surface area contributed by atoms with Crippen LogP contribution in [0.1, 0.15) is 40.7 Å². The van der Waals surface area contributed by atoms with Crippen molar-refractivity contribution >= 4 is 5.78 Å². The molecule has 0 spiro atoms. The smallest absolute Gasteiger partial charge is 0.170 e. The number of methoxy groups -OCH3 is 2. The second-order valence-electron chi connectivity index (χ2n) is 7.48. The molecule has 0 aliphatic carbocycles. The van der Waals surface area contributed by atoms with Crippen molar-refractivity contribution in [1.29, 1.82) is 0 Å². The predicted molar refractivity (Wildman–Crippen MR) is 117 cm³/mol. The number of benzene rings is 2. The molecule has 1 atom stereocenters. The minimum Gasteiger partial charge on any atom is -0.497 e. The van der Waals surface area contributed by atoms with E-state index in [2.05, 4.69) is 28.9 Å². The highest BCUT2D eigenvalue weighted by molar-refractivity contribution is 6.00. The number of hydrogen-bond donors (Lipinski definition) is 1. The summed E-state index contributed by atoms with van der Waals surface area (Å²) < 4.78 is 10.7. The topological polar surface area (TPSA) is 59.0 Å². The predicted octanol–water partition coefficient (Wildman–Crippen LogP) is 3.53. The molecule has 30 heavy (non-hydrogen) atoms. The summed E-state index contributed by atoms with van der Waals surface area (Å²) in [4.78, 5) is 15.5. The van der Waals surface area contributed by atoms with Gasteiger partial charge in [0.2, 0.25) is 0 Å². The standard InChI is InChI=1S/C25H29NO4/c1-29-22-12-13-23(24(16-22)30-2)25(28)21-7-5-14-26(18-21)17-20-10-8-19(9-11-20)6-3-4-15-27/h8-13,16,21,27H,4-5,7,14-15,17-18H2,1-2H3/t21-/m1/s1. The Morgan fingerprint density at radius 3 is 2.67 bits per heavy atom. The van der Waals surface area contributed by atoms with E-state index in [1.807, 2.05) is 12.1 Å². The van der Waals surface area contributed by atoms with E-state index in [0.717, 1.165) is 38.0 Å². The SMILES string of the molecule is COc1ccc(C(=O)[C@@H]2CCCN(Cc3ccc(C#CCCO)cc3)C2)c(OC)c1. The molecule has 1 fully saturated rings. The van der Waals surface area contributed by atoms with E-state index in [-0.39, 0.29) is 18.3 Å². The summed E-state index contributed by atoms with van der Waals surface area (Å²) in [6.07, 6.45) is 2.38. The first-order chi connectivity index (χ1) is 14.6. The Bertz CT molecular complexity index is 911. The molecular weight excluding hydrogens is 378 g/mol. The zero-order valence-electron chi connectivity index (χ0n) is 17.7. The maximum atomic E-state index is 13.2. The number of hydrogen-bond acceptors (Lipinski definition) is 5. The number of ether oxygens (including phenoxy) is 2. The van der Waals surface area contributed by atoms with Gasteiger partial charge < -0.3 is 14.6 Å². The molecule has 0 aromatic heterocycles. The van der Waals surface area contributed by atoms with E-state index in [0.29, 0.717) is 23.5 Å². The highest BCUT2D eigenvalue weighted by Gasteiger charge is 2.28. The van der Waals surface area contributed by atoms with Gasteiger partial charge in [-0.1, -0.05) is 24.0 Å². The molecule has 5 nitrogen and oxygen atoms in total. The molecule has 1 N–H and O–H groups in total. The molecule has 5 heteroatoms. The zero-order valence-corrected chi connectivity index (χ0v) is 17.7. The van der Waals surface area contributed by atoms with Crippen LogP contribution in [0, 0.1) is 17.8 Å². The van der Waals surface area contributed by atoms with E-state index in [1.54, 1.807) is 32.4 Å². The number of carbonyl (C=O) groups excluding carboxylic acids is 1. The van der Waals surface area contributed by atoms with Gasteiger partial charge in [-0.15, -0.1) is 0 Å². The molecule has 1 aliphatic rings. The number of aliphatic hydroxyl groups excluding tert-OH is 1. The molecule has 0 amide bonds. The fourth-order valence-corrected chi connectivity index (χ4v) is 3.81. The fourth-order valence-electron chi connectivity index (χ4n) is 3.81. The summed E-state index contributed by atoms with van der Waals surface area (Å²) in [6.45, 7) is 2.63. The molecule has 1 heterocycles. The van der Waals surface area contributed by atoms with Gasteiger partial charge in [0.25, 0.3) is 0 Å². The van der Waals surface area contributed by atoms with Crippen LogP contribution in [0.3, 0.4) is 0 Å². The van der Waals surface area contributed by atoms with Crippen molar-refractivity contribution in [2.45, 2.75) is 25.8 Å². The van der Waals surface area contributed by atoms with E-state index in [4.69, 9.17) is 14.6 Å². The lowest BCUT2D eigenvalue weighted by molar-refractivity contribution is 0.0808. The number of ketones is 1. The highest BCUT2D eigenvalue weighted by Crippen LogP contribution is 2.30.